The Morgan fingerprint density at radius 2 is 1.24 bits per heavy atom. The van der Waals surface area contributed by atoms with Gasteiger partial charge in [0.2, 0.25) is 0 Å². The van der Waals surface area contributed by atoms with Crippen LogP contribution in [0.4, 0.5) is 30.7 Å². The Morgan fingerprint density at radius 3 is 1.71 bits per heavy atom. The molecule has 0 aromatic heterocycles. The summed E-state index contributed by atoms with van der Waals surface area (Å²) in [5, 5.41) is 13.3. The number of aliphatic hydroxyl groups excluding tert-OH is 1. The molecule has 0 aliphatic rings. The van der Waals surface area contributed by atoms with Crippen molar-refractivity contribution in [1.82, 2.24) is 5.32 Å². The summed E-state index contributed by atoms with van der Waals surface area (Å²) in [6.45, 7) is 0. The summed E-state index contributed by atoms with van der Waals surface area (Å²) in [5.74, 6) is -1.36. The van der Waals surface area contributed by atoms with Gasteiger partial charge in [0.1, 0.15) is 5.82 Å². The zero-order valence-corrected chi connectivity index (χ0v) is 17.3. The lowest BCUT2D eigenvalue weighted by Crippen LogP contribution is -2.41. The van der Waals surface area contributed by atoms with Gasteiger partial charge in [0.15, 0.2) is 0 Å². The van der Waals surface area contributed by atoms with E-state index in [1.54, 1.807) is 0 Å². The molecule has 0 aliphatic heterocycles. The standard InChI is InChI=1S/C24H18F7NO2/c25-19-11-5-15(6-12-19)21(33)20(13-14-1-7-17(8-2-14)23(26,27)28)32-22(34)16-3-9-18(10-4-16)24(29,30)31/h1-12,20-21,33H,13H2,(H,32,34). The molecule has 3 rings (SSSR count). The van der Waals surface area contributed by atoms with Crippen LogP contribution in [0.1, 0.15) is 38.7 Å². The monoisotopic (exact) mass is 485 g/mol. The molecule has 2 unspecified atom stereocenters. The van der Waals surface area contributed by atoms with Crippen molar-refractivity contribution in [1.29, 1.82) is 0 Å². The second-order valence-corrected chi connectivity index (χ2v) is 7.55. The van der Waals surface area contributed by atoms with Crippen molar-refractivity contribution in [3.8, 4) is 0 Å². The Labute approximate surface area is 189 Å². The van der Waals surface area contributed by atoms with Crippen LogP contribution in [0.3, 0.4) is 0 Å². The van der Waals surface area contributed by atoms with Gasteiger partial charge in [-0.15, -0.1) is 0 Å². The second-order valence-electron chi connectivity index (χ2n) is 7.55. The van der Waals surface area contributed by atoms with Crippen molar-refractivity contribution < 1.29 is 40.6 Å². The Kier molecular flexibility index (Phi) is 7.30. The average molecular weight is 485 g/mol. The molecular weight excluding hydrogens is 467 g/mol. The molecule has 0 saturated carbocycles. The highest BCUT2D eigenvalue weighted by atomic mass is 19.4. The third-order valence-electron chi connectivity index (χ3n) is 5.12. The predicted octanol–water partition coefficient (Wildman–Crippen LogP) is 5.94. The summed E-state index contributed by atoms with van der Waals surface area (Å²) in [6.07, 6.45) is -10.6. The van der Waals surface area contributed by atoms with Gasteiger partial charge in [-0.3, -0.25) is 4.79 Å². The largest absolute Gasteiger partial charge is 0.416 e. The van der Waals surface area contributed by atoms with Crippen molar-refractivity contribution in [2.24, 2.45) is 0 Å². The van der Waals surface area contributed by atoms with Crippen LogP contribution in [0.25, 0.3) is 0 Å². The third kappa shape index (κ3) is 6.34. The van der Waals surface area contributed by atoms with Gasteiger partial charge in [0, 0.05) is 5.56 Å². The van der Waals surface area contributed by atoms with E-state index in [2.05, 4.69) is 5.32 Å². The topological polar surface area (TPSA) is 49.3 Å². The molecule has 180 valence electrons. The summed E-state index contributed by atoms with van der Waals surface area (Å²) in [5.41, 5.74) is -1.35. The highest BCUT2D eigenvalue weighted by Gasteiger charge is 2.32. The first-order valence-electron chi connectivity index (χ1n) is 9.92. The van der Waals surface area contributed by atoms with Gasteiger partial charge >= 0.3 is 12.4 Å². The molecule has 10 heteroatoms. The van der Waals surface area contributed by atoms with E-state index >= 15 is 0 Å². The molecule has 2 N–H and O–H groups in total. The number of amides is 1. The first-order valence-corrected chi connectivity index (χ1v) is 9.92. The minimum absolute atomic E-state index is 0.108. The maximum absolute atomic E-state index is 13.3. The Morgan fingerprint density at radius 1 is 0.765 bits per heavy atom. The van der Waals surface area contributed by atoms with E-state index in [1.807, 2.05) is 0 Å². The summed E-state index contributed by atoms with van der Waals surface area (Å²) in [4.78, 5) is 12.7. The zero-order chi connectivity index (χ0) is 25.1. The van der Waals surface area contributed by atoms with Crippen LogP contribution in [0.2, 0.25) is 0 Å². The van der Waals surface area contributed by atoms with E-state index in [-0.39, 0.29) is 17.5 Å². The molecule has 0 radical (unpaired) electrons. The fourth-order valence-corrected chi connectivity index (χ4v) is 3.28. The molecule has 0 heterocycles. The minimum atomic E-state index is -4.58. The molecule has 2 atom stereocenters. The van der Waals surface area contributed by atoms with E-state index in [0.717, 1.165) is 48.5 Å². The lowest BCUT2D eigenvalue weighted by molar-refractivity contribution is -0.138. The van der Waals surface area contributed by atoms with Crippen molar-refractivity contribution >= 4 is 5.91 Å². The first kappa shape index (κ1) is 25.2. The highest BCUT2D eigenvalue weighted by molar-refractivity contribution is 5.94. The molecular formula is C24H18F7NO2. The average Bonchev–Trinajstić information content (AvgIpc) is 2.78. The van der Waals surface area contributed by atoms with Gasteiger partial charge in [-0.2, -0.15) is 26.3 Å². The minimum Gasteiger partial charge on any atom is -0.386 e. The summed E-state index contributed by atoms with van der Waals surface area (Å²) >= 11 is 0. The number of carbonyl (C=O) groups excluding carboxylic acids is 1. The quantitative estimate of drug-likeness (QED) is 0.425. The third-order valence-corrected chi connectivity index (χ3v) is 5.12. The van der Waals surface area contributed by atoms with Gasteiger partial charge in [0.05, 0.1) is 23.3 Å². The number of carbonyl (C=O) groups is 1. The van der Waals surface area contributed by atoms with E-state index in [9.17, 15) is 40.6 Å². The summed E-state index contributed by atoms with van der Waals surface area (Å²) in [6, 6.07) is 11.2. The summed E-state index contributed by atoms with van der Waals surface area (Å²) < 4.78 is 90.0. The van der Waals surface area contributed by atoms with Crippen LogP contribution in [-0.2, 0) is 18.8 Å². The van der Waals surface area contributed by atoms with E-state index < -0.39 is 47.3 Å². The molecule has 0 saturated heterocycles. The molecule has 1 amide bonds. The maximum Gasteiger partial charge on any atom is 0.416 e. The van der Waals surface area contributed by atoms with Crippen molar-refractivity contribution in [2.45, 2.75) is 30.9 Å². The van der Waals surface area contributed by atoms with Gasteiger partial charge in [-0.1, -0.05) is 24.3 Å². The molecule has 0 aliphatic carbocycles. The lowest BCUT2D eigenvalue weighted by Gasteiger charge is -2.25. The highest BCUT2D eigenvalue weighted by Crippen LogP contribution is 2.30. The molecule has 0 spiro atoms. The van der Waals surface area contributed by atoms with Crippen molar-refractivity contribution in [3.05, 3.63) is 106 Å². The Balaban J connectivity index is 1.85. The number of hydrogen-bond donors (Lipinski definition) is 2. The molecule has 0 fully saturated rings. The molecule has 3 aromatic carbocycles. The van der Waals surface area contributed by atoms with Gasteiger partial charge in [-0.25, -0.2) is 4.39 Å². The molecule has 0 bridgehead atoms. The number of halogens is 7. The Hall–Kier alpha value is -3.40. The zero-order valence-electron chi connectivity index (χ0n) is 17.3. The van der Waals surface area contributed by atoms with Gasteiger partial charge < -0.3 is 10.4 Å². The fourth-order valence-electron chi connectivity index (χ4n) is 3.28. The van der Waals surface area contributed by atoms with Crippen molar-refractivity contribution in [2.75, 3.05) is 0 Å². The molecule has 3 nitrogen and oxygen atoms in total. The van der Waals surface area contributed by atoms with Crippen LogP contribution >= 0.6 is 0 Å². The normalized spacial score (nSPS) is 13.9. The number of aliphatic hydroxyl groups is 1. The van der Waals surface area contributed by atoms with E-state index in [4.69, 9.17) is 0 Å². The summed E-state index contributed by atoms with van der Waals surface area (Å²) in [7, 11) is 0. The maximum atomic E-state index is 13.3. The first-order chi connectivity index (χ1) is 15.8. The SMILES string of the molecule is O=C(NC(Cc1ccc(C(F)(F)F)cc1)C(O)c1ccc(F)cc1)c1ccc(C(F)(F)F)cc1. The van der Waals surface area contributed by atoms with Crippen LogP contribution in [-0.4, -0.2) is 17.1 Å². The van der Waals surface area contributed by atoms with Gasteiger partial charge in [0.25, 0.3) is 5.91 Å². The predicted molar refractivity (Wildman–Crippen MR) is 109 cm³/mol. The number of nitrogens with one attached hydrogen (secondary N) is 1. The number of rotatable bonds is 6. The van der Waals surface area contributed by atoms with E-state index in [1.165, 1.54) is 24.3 Å². The lowest BCUT2D eigenvalue weighted by atomic mass is 9.95. The number of benzene rings is 3. The second kappa shape index (κ2) is 9.84. The Bertz CT molecular complexity index is 1110. The van der Waals surface area contributed by atoms with Crippen molar-refractivity contribution in [3.63, 3.8) is 0 Å². The van der Waals surface area contributed by atoms with Crippen LogP contribution in [0, 0.1) is 5.82 Å². The fraction of sp³-hybridized carbons (Fsp3) is 0.208. The molecule has 3 aromatic rings. The van der Waals surface area contributed by atoms with E-state index in [0.29, 0.717) is 5.56 Å². The smallest absolute Gasteiger partial charge is 0.386 e. The number of hydrogen-bond acceptors (Lipinski definition) is 2. The van der Waals surface area contributed by atoms with Crippen LogP contribution < -0.4 is 5.32 Å². The van der Waals surface area contributed by atoms with Crippen LogP contribution in [0.5, 0.6) is 0 Å². The molecule has 34 heavy (non-hydrogen) atoms. The number of alkyl halides is 6. The van der Waals surface area contributed by atoms with Gasteiger partial charge in [-0.05, 0) is 66.1 Å². The van der Waals surface area contributed by atoms with Crippen LogP contribution in [0.15, 0.2) is 72.8 Å².